The van der Waals surface area contributed by atoms with E-state index in [1.54, 1.807) is 0 Å². The molecule has 0 aliphatic heterocycles. The van der Waals surface area contributed by atoms with Crippen LogP contribution in [0.3, 0.4) is 0 Å². The van der Waals surface area contributed by atoms with Crippen molar-refractivity contribution in [1.29, 1.82) is 0 Å². The van der Waals surface area contributed by atoms with Crippen molar-refractivity contribution < 1.29 is 9.47 Å². The molecule has 0 heterocycles. The molecular weight excluding hydrogens is 440 g/mol. The first-order chi connectivity index (χ1) is 17.8. The summed E-state index contributed by atoms with van der Waals surface area (Å²) in [6.07, 6.45) is 37.0. The molecule has 1 radical (unpaired) electrons. The first-order valence-corrected chi connectivity index (χ1v) is 16.8. The average molecular weight is 510 g/mol. The fraction of sp³-hybridized carbons (Fsp3) is 0.971. The maximum Gasteiger partial charge on any atom is 0.0576 e. The van der Waals surface area contributed by atoms with Gasteiger partial charge in [0.05, 0.1) is 6.10 Å². The Hall–Kier alpha value is -0.0800. The molecule has 2 heteroatoms. The highest BCUT2D eigenvalue weighted by Gasteiger charge is 2.06. The van der Waals surface area contributed by atoms with Gasteiger partial charge >= 0.3 is 0 Å². The molecule has 0 spiro atoms. The number of ether oxygens (including phenoxy) is 2. The Balaban J connectivity index is 3.25. The molecule has 0 aromatic heterocycles. The van der Waals surface area contributed by atoms with Crippen LogP contribution in [0, 0.1) is 6.92 Å². The van der Waals surface area contributed by atoms with E-state index in [2.05, 4.69) is 20.8 Å². The summed E-state index contributed by atoms with van der Waals surface area (Å²) < 4.78 is 12.0. The molecule has 0 aromatic carbocycles. The normalized spacial score (nSPS) is 12.4. The summed E-state index contributed by atoms with van der Waals surface area (Å²) in [6, 6.07) is 0. The lowest BCUT2D eigenvalue weighted by atomic mass is 10.1. The van der Waals surface area contributed by atoms with Crippen LogP contribution in [0.1, 0.15) is 187 Å². The number of hydrogen-bond acceptors (Lipinski definition) is 2. The lowest BCUT2D eigenvalue weighted by Gasteiger charge is -2.16. The smallest absolute Gasteiger partial charge is 0.0576 e. The van der Waals surface area contributed by atoms with E-state index in [1.165, 1.54) is 154 Å². The summed E-state index contributed by atoms with van der Waals surface area (Å²) in [6.45, 7) is 11.4. The van der Waals surface area contributed by atoms with Crippen molar-refractivity contribution >= 4 is 0 Å². The van der Waals surface area contributed by atoms with Crippen LogP contribution >= 0.6 is 0 Å². The van der Waals surface area contributed by atoms with Gasteiger partial charge in [0.15, 0.2) is 0 Å². The van der Waals surface area contributed by atoms with Gasteiger partial charge in [0.25, 0.3) is 0 Å². The Bertz CT molecular complexity index is 370. The number of rotatable bonds is 32. The Morgan fingerprint density at radius 1 is 0.417 bits per heavy atom. The first kappa shape index (κ1) is 35.9. The molecule has 36 heavy (non-hydrogen) atoms. The van der Waals surface area contributed by atoms with E-state index < -0.39 is 0 Å². The maximum atomic E-state index is 6.09. The van der Waals surface area contributed by atoms with Crippen molar-refractivity contribution in [3.63, 3.8) is 0 Å². The highest BCUT2D eigenvalue weighted by atomic mass is 16.5. The number of hydrogen-bond donors (Lipinski definition) is 0. The quantitative estimate of drug-likeness (QED) is 0.0839. The van der Waals surface area contributed by atoms with Crippen molar-refractivity contribution in [3.05, 3.63) is 6.92 Å². The molecule has 0 aliphatic rings. The van der Waals surface area contributed by atoms with Gasteiger partial charge in [0.1, 0.15) is 0 Å². The zero-order valence-electron chi connectivity index (χ0n) is 25.3. The predicted octanol–water partition coefficient (Wildman–Crippen LogP) is 11.8. The van der Waals surface area contributed by atoms with E-state index in [0.717, 1.165) is 39.1 Å². The highest BCUT2D eigenvalue weighted by molar-refractivity contribution is 4.60. The monoisotopic (exact) mass is 510 g/mol. The van der Waals surface area contributed by atoms with E-state index in [9.17, 15) is 0 Å². The van der Waals surface area contributed by atoms with E-state index in [4.69, 9.17) is 9.47 Å². The minimum atomic E-state index is 0.327. The summed E-state index contributed by atoms with van der Waals surface area (Å²) in [4.78, 5) is 0. The van der Waals surface area contributed by atoms with Gasteiger partial charge < -0.3 is 9.47 Å². The van der Waals surface area contributed by atoms with Crippen LogP contribution in [0.25, 0.3) is 0 Å². The maximum absolute atomic E-state index is 6.09. The van der Waals surface area contributed by atoms with Gasteiger partial charge in [-0.2, -0.15) is 0 Å². The lowest BCUT2D eigenvalue weighted by molar-refractivity contribution is 0.0364. The second-order valence-corrected chi connectivity index (χ2v) is 11.3. The third-order valence-corrected chi connectivity index (χ3v) is 7.63. The van der Waals surface area contributed by atoms with Crippen molar-refractivity contribution in [2.45, 2.75) is 193 Å². The van der Waals surface area contributed by atoms with Gasteiger partial charge in [-0.3, -0.25) is 0 Å². The van der Waals surface area contributed by atoms with E-state index in [1.807, 2.05) is 0 Å². The van der Waals surface area contributed by atoms with E-state index in [-0.39, 0.29) is 0 Å². The summed E-state index contributed by atoms with van der Waals surface area (Å²) >= 11 is 0. The molecule has 217 valence electrons. The van der Waals surface area contributed by atoms with Crippen LogP contribution < -0.4 is 0 Å². The molecule has 1 unspecified atom stereocenters. The van der Waals surface area contributed by atoms with Crippen molar-refractivity contribution in [2.24, 2.45) is 0 Å². The van der Waals surface area contributed by atoms with Gasteiger partial charge in [0, 0.05) is 19.8 Å². The molecular formula is C34H69O2. The van der Waals surface area contributed by atoms with Crippen molar-refractivity contribution in [1.82, 2.24) is 0 Å². The topological polar surface area (TPSA) is 18.5 Å². The van der Waals surface area contributed by atoms with Crippen LogP contribution in [-0.2, 0) is 9.47 Å². The van der Waals surface area contributed by atoms with Crippen molar-refractivity contribution in [3.8, 4) is 0 Å². The van der Waals surface area contributed by atoms with Gasteiger partial charge in [-0.1, -0.05) is 162 Å². The zero-order chi connectivity index (χ0) is 26.2. The van der Waals surface area contributed by atoms with E-state index >= 15 is 0 Å². The molecule has 0 fully saturated rings. The van der Waals surface area contributed by atoms with Gasteiger partial charge in [-0.25, -0.2) is 0 Å². The molecule has 0 aromatic rings. The molecule has 0 amide bonds. The molecule has 2 nitrogen and oxygen atoms in total. The SMILES string of the molecule is [CH2]CC(CCCOCCCCCCCCCCCCCC)OCCCCCCCCCCCCCC. The highest BCUT2D eigenvalue weighted by Crippen LogP contribution is 2.14. The second-order valence-electron chi connectivity index (χ2n) is 11.3. The van der Waals surface area contributed by atoms with Crippen LogP contribution in [0.2, 0.25) is 0 Å². The van der Waals surface area contributed by atoms with Gasteiger partial charge in [0.2, 0.25) is 0 Å². The van der Waals surface area contributed by atoms with Gasteiger partial charge in [-0.05, 0) is 32.1 Å². The van der Waals surface area contributed by atoms with Crippen LogP contribution in [0.5, 0.6) is 0 Å². The van der Waals surface area contributed by atoms with Crippen LogP contribution in [0.4, 0.5) is 0 Å². The predicted molar refractivity (Wildman–Crippen MR) is 162 cm³/mol. The molecule has 0 aliphatic carbocycles. The Kier molecular flexibility index (Phi) is 32.9. The summed E-state index contributed by atoms with van der Waals surface area (Å²) in [5, 5.41) is 0. The Morgan fingerprint density at radius 3 is 1.14 bits per heavy atom. The Morgan fingerprint density at radius 2 is 0.750 bits per heavy atom. The molecule has 0 bridgehead atoms. The summed E-state index contributed by atoms with van der Waals surface area (Å²) in [5.41, 5.74) is 0. The van der Waals surface area contributed by atoms with E-state index in [0.29, 0.717) is 6.10 Å². The standard InChI is InChI=1S/C34H69O2/c1-4-7-9-11-13-15-17-19-21-23-25-27-31-35-32-29-30-34(6-3)36-33-28-26-24-22-20-18-16-14-12-10-8-5-2/h34H,3-33H2,1-2H3. The fourth-order valence-electron chi connectivity index (χ4n) is 5.06. The molecule has 0 rings (SSSR count). The minimum absolute atomic E-state index is 0.327. The molecule has 0 saturated carbocycles. The van der Waals surface area contributed by atoms with Crippen LogP contribution in [0.15, 0.2) is 0 Å². The third-order valence-electron chi connectivity index (χ3n) is 7.63. The molecule has 1 atom stereocenters. The van der Waals surface area contributed by atoms with Crippen molar-refractivity contribution in [2.75, 3.05) is 19.8 Å². The fourth-order valence-corrected chi connectivity index (χ4v) is 5.06. The first-order valence-electron chi connectivity index (χ1n) is 16.8. The zero-order valence-corrected chi connectivity index (χ0v) is 25.3. The third kappa shape index (κ3) is 30.1. The summed E-state index contributed by atoms with van der Waals surface area (Å²) in [5.74, 6) is 0. The Labute approximate surface area is 229 Å². The summed E-state index contributed by atoms with van der Waals surface area (Å²) in [7, 11) is 0. The molecule has 0 saturated heterocycles. The minimum Gasteiger partial charge on any atom is -0.381 e. The lowest BCUT2D eigenvalue weighted by Crippen LogP contribution is -2.14. The number of unbranched alkanes of at least 4 members (excludes halogenated alkanes) is 22. The average Bonchev–Trinajstić information content (AvgIpc) is 2.89. The molecule has 0 N–H and O–H groups in total. The largest absolute Gasteiger partial charge is 0.381 e. The second kappa shape index (κ2) is 32.9. The van der Waals surface area contributed by atoms with Crippen LogP contribution in [-0.4, -0.2) is 25.9 Å². The van der Waals surface area contributed by atoms with Gasteiger partial charge in [-0.15, -0.1) is 0 Å².